The van der Waals surface area contributed by atoms with Crippen LogP contribution in [0.2, 0.25) is 5.02 Å². The smallest absolute Gasteiger partial charge is 0.190 e. The molecule has 0 aliphatic carbocycles. The van der Waals surface area contributed by atoms with Crippen LogP contribution < -0.4 is 15.5 Å². The first-order chi connectivity index (χ1) is 12.7. The lowest BCUT2D eigenvalue weighted by Crippen LogP contribution is -2.47. The Labute approximate surface area is 162 Å². The summed E-state index contributed by atoms with van der Waals surface area (Å²) in [5, 5.41) is 7.51. The number of halogens is 1. The first kappa shape index (κ1) is 20.8. The van der Waals surface area contributed by atoms with E-state index >= 15 is 0 Å². The summed E-state index contributed by atoms with van der Waals surface area (Å²) in [5.41, 5.74) is 1.15. The van der Waals surface area contributed by atoms with Gasteiger partial charge in [-0.3, -0.25) is 9.89 Å². The maximum Gasteiger partial charge on any atom is 0.190 e. The normalized spacial score (nSPS) is 16.0. The number of rotatable bonds is 9. The van der Waals surface area contributed by atoms with Gasteiger partial charge >= 0.3 is 0 Å². The van der Waals surface area contributed by atoms with Crippen molar-refractivity contribution in [1.82, 2.24) is 15.5 Å². The van der Waals surface area contributed by atoms with Crippen molar-refractivity contribution >= 4 is 23.2 Å². The summed E-state index contributed by atoms with van der Waals surface area (Å²) in [6.07, 6.45) is 2.08. The summed E-state index contributed by atoms with van der Waals surface area (Å²) < 4.78 is 5.05. The molecule has 6 nitrogen and oxygen atoms in total. The number of hydrogen-bond acceptors (Lipinski definition) is 4. The number of benzene rings is 1. The fourth-order valence-electron chi connectivity index (χ4n) is 3.07. The van der Waals surface area contributed by atoms with Gasteiger partial charge in [0.2, 0.25) is 0 Å². The molecule has 0 unspecified atom stereocenters. The Bertz CT molecular complexity index is 546. The van der Waals surface area contributed by atoms with Crippen LogP contribution in [0.15, 0.2) is 29.3 Å². The summed E-state index contributed by atoms with van der Waals surface area (Å²) in [5.74, 6) is 0.865. The van der Waals surface area contributed by atoms with E-state index in [4.69, 9.17) is 16.3 Å². The number of methoxy groups -OCH3 is 1. The Morgan fingerprint density at radius 1 is 1.12 bits per heavy atom. The van der Waals surface area contributed by atoms with Gasteiger partial charge in [0.05, 0.1) is 10.7 Å². The average Bonchev–Trinajstić information content (AvgIpc) is 2.68. The van der Waals surface area contributed by atoms with Crippen LogP contribution in [0.1, 0.15) is 12.8 Å². The van der Waals surface area contributed by atoms with Crippen LogP contribution in [0.3, 0.4) is 0 Å². The molecular formula is C19H32ClN5O. The van der Waals surface area contributed by atoms with Crippen LogP contribution in [-0.2, 0) is 4.74 Å². The molecular weight excluding hydrogens is 350 g/mol. The molecule has 1 aromatic rings. The summed E-state index contributed by atoms with van der Waals surface area (Å²) in [6.45, 7) is 7.88. The van der Waals surface area contributed by atoms with Crippen molar-refractivity contribution in [1.29, 1.82) is 0 Å². The van der Waals surface area contributed by atoms with E-state index in [1.807, 2.05) is 12.1 Å². The zero-order chi connectivity index (χ0) is 18.6. The number of nitrogens with one attached hydrogen (secondary N) is 2. The van der Waals surface area contributed by atoms with Gasteiger partial charge in [0.25, 0.3) is 0 Å². The zero-order valence-electron chi connectivity index (χ0n) is 16.0. The highest BCUT2D eigenvalue weighted by molar-refractivity contribution is 6.33. The van der Waals surface area contributed by atoms with Crippen molar-refractivity contribution in [2.24, 2.45) is 4.99 Å². The molecule has 1 fully saturated rings. The molecule has 0 bridgehead atoms. The quantitative estimate of drug-likeness (QED) is 0.389. The SMILES string of the molecule is CN=C(NCCCOC)NCCCN1CCN(c2ccccc2Cl)CC1. The lowest BCUT2D eigenvalue weighted by Gasteiger charge is -2.36. The maximum atomic E-state index is 6.31. The number of aliphatic imine (C=N–C) groups is 1. The average molecular weight is 382 g/mol. The Hall–Kier alpha value is -1.50. The number of anilines is 1. The summed E-state index contributed by atoms with van der Waals surface area (Å²) in [4.78, 5) is 9.14. The fraction of sp³-hybridized carbons (Fsp3) is 0.632. The van der Waals surface area contributed by atoms with Crippen molar-refractivity contribution in [3.63, 3.8) is 0 Å². The van der Waals surface area contributed by atoms with Crippen LogP contribution in [0.25, 0.3) is 0 Å². The lowest BCUT2D eigenvalue weighted by molar-refractivity contribution is 0.195. The van der Waals surface area contributed by atoms with Gasteiger partial charge in [-0.25, -0.2) is 0 Å². The molecule has 0 saturated carbocycles. The van der Waals surface area contributed by atoms with E-state index in [1.165, 1.54) is 0 Å². The van der Waals surface area contributed by atoms with Crippen molar-refractivity contribution in [2.75, 3.05) is 71.5 Å². The number of ether oxygens (including phenoxy) is 1. The molecule has 1 saturated heterocycles. The summed E-state index contributed by atoms with van der Waals surface area (Å²) in [7, 11) is 3.53. The minimum atomic E-state index is 0.768. The van der Waals surface area contributed by atoms with E-state index in [2.05, 4.69) is 37.6 Å². The van der Waals surface area contributed by atoms with E-state index in [0.717, 1.165) is 81.9 Å². The third-order valence-corrected chi connectivity index (χ3v) is 4.87. The third-order valence-electron chi connectivity index (χ3n) is 4.55. The molecule has 0 spiro atoms. The van der Waals surface area contributed by atoms with E-state index in [0.29, 0.717) is 0 Å². The fourth-order valence-corrected chi connectivity index (χ4v) is 3.33. The van der Waals surface area contributed by atoms with Gasteiger partial charge in [-0.05, 0) is 31.5 Å². The van der Waals surface area contributed by atoms with Crippen molar-refractivity contribution < 1.29 is 4.74 Å². The minimum absolute atomic E-state index is 0.768. The molecule has 0 amide bonds. The van der Waals surface area contributed by atoms with E-state index in [9.17, 15) is 0 Å². The molecule has 7 heteroatoms. The Balaban J connectivity index is 1.59. The second-order valence-electron chi connectivity index (χ2n) is 6.41. The van der Waals surface area contributed by atoms with Gasteiger partial charge in [0.1, 0.15) is 0 Å². The lowest BCUT2D eigenvalue weighted by atomic mass is 10.2. The van der Waals surface area contributed by atoms with Crippen molar-refractivity contribution in [3.8, 4) is 0 Å². The van der Waals surface area contributed by atoms with Gasteiger partial charge in [-0.15, -0.1) is 0 Å². The molecule has 0 atom stereocenters. The zero-order valence-corrected chi connectivity index (χ0v) is 16.8. The van der Waals surface area contributed by atoms with Gasteiger partial charge in [0, 0.05) is 60.0 Å². The maximum absolute atomic E-state index is 6.31. The standard InChI is InChI=1S/C19H32ClN5O/c1-21-19(23-10-6-16-26-2)22-9-5-11-24-12-14-25(15-13-24)18-8-4-3-7-17(18)20/h3-4,7-8H,5-6,9-16H2,1-2H3,(H2,21,22,23). The van der Waals surface area contributed by atoms with Crippen LogP contribution in [0.4, 0.5) is 5.69 Å². The molecule has 0 aromatic heterocycles. The van der Waals surface area contributed by atoms with E-state index in [1.54, 1.807) is 14.2 Å². The van der Waals surface area contributed by atoms with Crippen molar-refractivity contribution in [2.45, 2.75) is 12.8 Å². The molecule has 0 radical (unpaired) electrons. The topological polar surface area (TPSA) is 52.1 Å². The van der Waals surface area contributed by atoms with Gasteiger partial charge < -0.3 is 20.3 Å². The highest BCUT2D eigenvalue weighted by atomic mass is 35.5. The van der Waals surface area contributed by atoms with Gasteiger partial charge in [-0.1, -0.05) is 23.7 Å². The summed E-state index contributed by atoms with van der Waals surface area (Å²) in [6, 6.07) is 8.10. The number of guanidine groups is 1. The second-order valence-corrected chi connectivity index (χ2v) is 6.81. The highest BCUT2D eigenvalue weighted by Crippen LogP contribution is 2.25. The van der Waals surface area contributed by atoms with Crippen LogP contribution in [-0.4, -0.2) is 77.4 Å². The first-order valence-electron chi connectivity index (χ1n) is 9.40. The Morgan fingerprint density at radius 3 is 2.46 bits per heavy atom. The molecule has 26 heavy (non-hydrogen) atoms. The van der Waals surface area contributed by atoms with Crippen molar-refractivity contribution in [3.05, 3.63) is 29.3 Å². The Morgan fingerprint density at radius 2 is 1.81 bits per heavy atom. The third kappa shape index (κ3) is 7.02. The van der Waals surface area contributed by atoms with E-state index < -0.39 is 0 Å². The highest BCUT2D eigenvalue weighted by Gasteiger charge is 2.18. The number of nitrogens with zero attached hydrogens (tertiary/aromatic N) is 3. The van der Waals surface area contributed by atoms with Crippen LogP contribution in [0.5, 0.6) is 0 Å². The largest absolute Gasteiger partial charge is 0.385 e. The molecule has 1 heterocycles. The molecule has 1 aromatic carbocycles. The second kappa shape index (κ2) is 12.0. The van der Waals surface area contributed by atoms with Crippen LogP contribution >= 0.6 is 11.6 Å². The predicted molar refractivity (Wildman–Crippen MR) is 111 cm³/mol. The van der Waals surface area contributed by atoms with Gasteiger partial charge in [0.15, 0.2) is 5.96 Å². The van der Waals surface area contributed by atoms with Gasteiger partial charge in [-0.2, -0.15) is 0 Å². The molecule has 1 aliphatic rings. The molecule has 146 valence electrons. The predicted octanol–water partition coefficient (Wildman–Crippen LogP) is 2.05. The number of hydrogen-bond donors (Lipinski definition) is 2. The number of para-hydroxylation sites is 1. The van der Waals surface area contributed by atoms with Crippen LogP contribution in [0, 0.1) is 0 Å². The Kier molecular flexibility index (Phi) is 9.60. The molecule has 2 rings (SSSR count). The summed E-state index contributed by atoms with van der Waals surface area (Å²) >= 11 is 6.31. The monoisotopic (exact) mass is 381 g/mol. The molecule has 1 aliphatic heterocycles. The number of piperazine rings is 1. The minimum Gasteiger partial charge on any atom is -0.385 e. The van der Waals surface area contributed by atoms with E-state index in [-0.39, 0.29) is 0 Å². The first-order valence-corrected chi connectivity index (χ1v) is 9.77. The molecule has 2 N–H and O–H groups in total.